The van der Waals surface area contributed by atoms with Crippen molar-refractivity contribution in [2.45, 2.75) is 19.1 Å². The van der Waals surface area contributed by atoms with Crippen LogP contribution in [-0.4, -0.2) is 73.1 Å². The van der Waals surface area contributed by atoms with Gasteiger partial charge in [0.25, 0.3) is 5.91 Å². The summed E-state index contributed by atoms with van der Waals surface area (Å²) < 4.78 is 31.7. The zero-order valence-corrected chi connectivity index (χ0v) is 24.0. The van der Waals surface area contributed by atoms with Gasteiger partial charge in [-0.25, -0.2) is 4.79 Å². The maximum Gasteiger partial charge on any atom is 0.490 e. The van der Waals surface area contributed by atoms with E-state index < -0.39 is 18.1 Å². The zero-order chi connectivity index (χ0) is 31.7. The van der Waals surface area contributed by atoms with Crippen molar-refractivity contribution >= 4 is 40.4 Å². The lowest BCUT2D eigenvalue weighted by Crippen LogP contribution is -2.23. The van der Waals surface area contributed by atoms with Gasteiger partial charge in [0.1, 0.15) is 0 Å². The molecular weight excluding hydrogens is 563 g/mol. The second kappa shape index (κ2) is 14.5. The van der Waals surface area contributed by atoms with E-state index in [4.69, 9.17) is 15.6 Å². The van der Waals surface area contributed by atoms with Gasteiger partial charge < -0.3 is 31.3 Å². The van der Waals surface area contributed by atoms with Gasteiger partial charge >= 0.3 is 12.1 Å². The lowest BCUT2D eigenvalue weighted by atomic mass is 9.99. The smallest absolute Gasteiger partial charge is 0.475 e. The molecule has 228 valence electrons. The average molecular weight is 598 g/mol. The Balaban J connectivity index is 0.000000646. The first kappa shape index (κ1) is 32.8. The van der Waals surface area contributed by atoms with Crippen LogP contribution in [0.4, 0.5) is 24.5 Å². The van der Waals surface area contributed by atoms with Crippen LogP contribution in [-0.2, 0) is 16.1 Å². The second-order valence-corrected chi connectivity index (χ2v) is 10.2. The number of benzene rings is 3. The highest BCUT2D eigenvalue weighted by molar-refractivity contribution is 6.37. The quantitative estimate of drug-likeness (QED) is 0.249. The minimum absolute atomic E-state index is 0.227. The van der Waals surface area contributed by atoms with E-state index in [1.807, 2.05) is 42.5 Å². The molecule has 0 aromatic heterocycles. The van der Waals surface area contributed by atoms with Crippen molar-refractivity contribution in [3.05, 3.63) is 95.1 Å². The molecule has 1 aliphatic heterocycles. The molecule has 5 N–H and O–H groups in total. The number of halogens is 3. The number of anilines is 2. The van der Waals surface area contributed by atoms with Gasteiger partial charge in [0, 0.05) is 29.0 Å². The monoisotopic (exact) mass is 597 g/mol. The van der Waals surface area contributed by atoms with Crippen molar-refractivity contribution in [2.24, 2.45) is 5.73 Å². The third-order valence-electron chi connectivity index (χ3n) is 6.40. The number of carbonyl (C=O) groups is 3. The highest BCUT2D eigenvalue weighted by atomic mass is 19.4. The number of alkyl halides is 3. The van der Waals surface area contributed by atoms with E-state index in [9.17, 15) is 22.8 Å². The molecule has 0 aliphatic carbocycles. The highest BCUT2D eigenvalue weighted by Gasteiger charge is 2.38. The number of hydrogen-bond acceptors (Lipinski definition) is 6. The van der Waals surface area contributed by atoms with Crippen LogP contribution in [0.15, 0.2) is 72.8 Å². The molecule has 3 aromatic carbocycles. The van der Waals surface area contributed by atoms with E-state index in [1.54, 1.807) is 18.2 Å². The molecule has 1 aliphatic rings. The predicted octanol–water partition coefficient (Wildman–Crippen LogP) is 4.73. The molecule has 0 saturated heterocycles. The number of fused-ring (bicyclic) bond motifs is 1. The maximum atomic E-state index is 13.1. The van der Waals surface area contributed by atoms with Crippen LogP contribution >= 0.6 is 0 Å². The number of primary amides is 1. The van der Waals surface area contributed by atoms with Crippen molar-refractivity contribution < 1.29 is 32.7 Å². The Morgan fingerprint density at radius 3 is 2.21 bits per heavy atom. The van der Waals surface area contributed by atoms with Gasteiger partial charge in [-0.05, 0) is 76.0 Å². The average Bonchev–Trinajstić information content (AvgIpc) is 3.26. The topological polar surface area (TPSA) is 128 Å². The Morgan fingerprint density at radius 2 is 1.60 bits per heavy atom. The first-order valence-electron chi connectivity index (χ1n) is 13.3. The van der Waals surface area contributed by atoms with E-state index in [0.717, 1.165) is 42.9 Å². The van der Waals surface area contributed by atoms with Crippen molar-refractivity contribution in [1.29, 1.82) is 0 Å². The molecule has 1 heterocycles. The van der Waals surface area contributed by atoms with Crippen LogP contribution < -0.4 is 16.4 Å². The molecular formula is C31H34F3N5O4. The number of amides is 2. The van der Waals surface area contributed by atoms with E-state index in [0.29, 0.717) is 22.5 Å². The van der Waals surface area contributed by atoms with Crippen LogP contribution in [0.5, 0.6) is 0 Å². The van der Waals surface area contributed by atoms with Gasteiger partial charge in [-0.15, -0.1) is 0 Å². The van der Waals surface area contributed by atoms with Crippen molar-refractivity contribution in [1.82, 2.24) is 9.80 Å². The second-order valence-electron chi connectivity index (χ2n) is 10.2. The summed E-state index contributed by atoms with van der Waals surface area (Å²) in [5, 5.41) is 13.5. The lowest BCUT2D eigenvalue weighted by Gasteiger charge is -2.19. The third-order valence-corrected chi connectivity index (χ3v) is 6.40. The molecule has 3 aromatic rings. The molecule has 9 nitrogen and oxygen atoms in total. The van der Waals surface area contributed by atoms with E-state index >= 15 is 0 Å². The third kappa shape index (κ3) is 9.42. The summed E-state index contributed by atoms with van der Waals surface area (Å²) in [6.07, 6.45) is -3.97. The Kier molecular flexibility index (Phi) is 11.1. The van der Waals surface area contributed by atoms with Gasteiger partial charge in [-0.2, -0.15) is 13.2 Å². The Bertz CT molecular complexity index is 1490. The molecule has 0 fully saturated rings. The first-order chi connectivity index (χ1) is 20.3. The number of hydrogen-bond donors (Lipinski definition) is 4. The number of nitrogens with one attached hydrogen (secondary N) is 2. The summed E-state index contributed by atoms with van der Waals surface area (Å²) >= 11 is 0. The zero-order valence-electron chi connectivity index (χ0n) is 24.0. The number of carboxylic acid groups (broad SMARTS) is 1. The number of rotatable bonds is 10. The SMILES string of the molecule is CN(C)CCCN(C)Cc1cccc(N/C(=C2\C(=O)Nc3cc(C(N)=O)ccc32)c2ccccc2)c1.O=C(O)C(F)(F)F. The Morgan fingerprint density at radius 1 is 0.930 bits per heavy atom. The molecule has 0 radical (unpaired) electrons. The van der Waals surface area contributed by atoms with Gasteiger partial charge in [-0.3, -0.25) is 9.59 Å². The Labute approximate surface area is 247 Å². The summed E-state index contributed by atoms with van der Waals surface area (Å²) in [6, 6.07) is 23.1. The fourth-order valence-electron chi connectivity index (χ4n) is 4.40. The number of nitrogens with zero attached hydrogens (tertiary/aromatic N) is 2. The summed E-state index contributed by atoms with van der Waals surface area (Å²) in [4.78, 5) is 38.2. The van der Waals surface area contributed by atoms with Crippen molar-refractivity contribution in [2.75, 3.05) is 44.9 Å². The number of aliphatic carboxylic acids is 1. The van der Waals surface area contributed by atoms with Crippen LogP contribution in [0, 0.1) is 0 Å². The number of carbonyl (C=O) groups excluding carboxylic acids is 2. The fourth-order valence-corrected chi connectivity index (χ4v) is 4.40. The van der Waals surface area contributed by atoms with Crippen molar-refractivity contribution in [3.8, 4) is 0 Å². The van der Waals surface area contributed by atoms with Crippen molar-refractivity contribution in [3.63, 3.8) is 0 Å². The molecule has 0 spiro atoms. The molecule has 0 bridgehead atoms. The first-order valence-corrected chi connectivity index (χ1v) is 13.3. The van der Waals surface area contributed by atoms with Crippen LogP contribution in [0.3, 0.4) is 0 Å². The van der Waals surface area contributed by atoms with E-state index in [-0.39, 0.29) is 5.91 Å². The summed E-state index contributed by atoms with van der Waals surface area (Å²) in [5.74, 6) is -3.52. The van der Waals surface area contributed by atoms with E-state index in [1.165, 1.54) is 5.56 Å². The summed E-state index contributed by atoms with van der Waals surface area (Å²) in [6.45, 7) is 2.91. The lowest BCUT2D eigenvalue weighted by molar-refractivity contribution is -0.192. The normalized spacial score (nSPS) is 13.6. The summed E-state index contributed by atoms with van der Waals surface area (Å²) in [7, 11) is 6.31. The molecule has 2 amide bonds. The van der Waals surface area contributed by atoms with Gasteiger partial charge in [0.2, 0.25) is 5.91 Å². The molecule has 12 heteroatoms. The molecule has 0 unspecified atom stereocenters. The Hall–Kier alpha value is -4.68. The van der Waals surface area contributed by atoms with E-state index in [2.05, 4.69) is 53.7 Å². The minimum atomic E-state index is -5.08. The largest absolute Gasteiger partial charge is 0.490 e. The fraction of sp³-hybridized carbons (Fsp3) is 0.258. The molecule has 43 heavy (non-hydrogen) atoms. The standard InChI is InChI=1S/C29H33N5O2.C2HF3O2/c1-33(2)15-8-16-34(3)19-20-9-7-12-23(17-20)31-27(21-10-5-4-6-11-21)26-24-14-13-22(28(30)35)18-25(24)32-29(26)36;3-2(4,5)1(6)7/h4-7,9-14,17-18,31H,8,15-16,19H2,1-3H3,(H2,30,35)(H,32,36);(H,6,7)/b27-26-;. The highest BCUT2D eigenvalue weighted by Crippen LogP contribution is 2.38. The number of carboxylic acids is 1. The van der Waals surface area contributed by atoms with Gasteiger partial charge in [-0.1, -0.05) is 48.5 Å². The molecule has 0 atom stereocenters. The predicted molar refractivity (Wildman–Crippen MR) is 160 cm³/mol. The van der Waals surface area contributed by atoms with Crippen LogP contribution in [0.25, 0.3) is 11.3 Å². The van der Waals surface area contributed by atoms with Crippen LogP contribution in [0.2, 0.25) is 0 Å². The van der Waals surface area contributed by atoms with Gasteiger partial charge in [0.15, 0.2) is 0 Å². The molecule has 0 saturated carbocycles. The molecule has 4 rings (SSSR count). The van der Waals surface area contributed by atoms with Crippen LogP contribution in [0.1, 0.15) is 33.5 Å². The number of nitrogens with two attached hydrogens (primary N) is 1. The maximum absolute atomic E-state index is 13.1. The summed E-state index contributed by atoms with van der Waals surface area (Å²) in [5.41, 5.74) is 11.3. The minimum Gasteiger partial charge on any atom is -0.475 e. The van der Waals surface area contributed by atoms with Gasteiger partial charge in [0.05, 0.1) is 11.3 Å².